The van der Waals surface area contributed by atoms with E-state index in [0.29, 0.717) is 30.1 Å². The molecule has 1 heterocycles. The third-order valence-electron chi connectivity index (χ3n) is 4.56. The van der Waals surface area contributed by atoms with Gasteiger partial charge in [-0.05, 0) is 18.9 Å². The maximum Gasteiger partial charge on any atom is 0.255 e. The fraction of sp³-hybridized carbons (Fsp3) is 0.350. The lowest BCUT2D eigenvalue weighted by Gasteiger charge is -2.21. The van der Waals surface area contributed by atoms with Crippen LogP contribution in [0.4, 0.5) is 0 Å². The van der Waals surface area contributed by atoms with Crippen molar-refractivity contribution in [1.82, 2.24) is 10.2 Å². The molecule has 1 aliphatic heterocycles. The summed E-state index contributed by atoms with van der Waals surface area (Å²) in [5.41, 5.74) is 0.301. The number of aliphatic imine (C=N–C) groups is 1. The highest BCUT2D eigenvalue weighted by molar-refractivity contribution is 6.18. The van der Waals surface area contributed by atoms with Crippen molar-refractivity contribution in [3.63, 3.8) is 0 Å². The van der Waals surface area contributed by atoms with Gasteiger partial charge in [-0.3, -0.25) is 14.6 Å². The minimum atomic E-state index is -0.826. The Labute approximate surface area is 149 Å². The van der Waals surface area contributed by atoms with E-state index < -0.39 is 5.54 Å². The summed E-state index contributed by atoms with van der Waals surface area (Å²) in [5, 5.41) is 2.84. The van der Waals surface area contributed by atoms with E-state index in [1.54, 1.807) is 35.3 Å². The van der Waals surface area contributed by atoms with Gasteiger partial charge >= 0.3 is 0 Å². The molecule has 1 N–H and O–H groups in total. The molecule has 25 heavy (non-hydrogen) atoms. The minimum absolute atomic E-state index is 0.0471. The van der Waals surface area contributed by atoms with E-state index in [4.69, 9.17) is 0 Å². The number of carbonyl (C=O) groups excluding carboxylic acids is 2. The standard InChI is InChI=1S/C20H25N3O2/c1-6-12-23(13-7-2)18(24)16-11-9-8-10-15(16)17-21-19(25)20(5,22-17)14(3)4/h6-11,14H,1-2,12-13H2,3-5H3,(H,21,22,25). The molecule has 2 amide bonds. The van der Waals surface area contributed by atoms with Crippen LogP contribution in [0.25, 0.3) is 0 Å². The lowest BCUT2D eigenvalue weighted by Crippen LogP contribution is -2.41. The zero-order valence-electron chi connectivity index (χ0n) is 15.1. The van der Waals surface area contributed by atoms with Crippen molar-refractivity contribution in [2.45, 2.75) is 26.3 Å². The third kappa shape index (κ3) is 3.55. The number of hydrogen-bond donors (Lipinski definition) is 1. The van der Waals surface area contributed by atoms with Crippen molar-refractivity contribution in [3.8, 4) is 0 Å². The Morgan fingerprint density at radius 2 is 1.88 bits per heavy atom. The highest BCUT2D eigenvalue weighted by Gasteiger charge is 2.42. The second kappa shape index (κ2) is 7.47. The summed E-state index contributed by atoms with van der Waals surface area (Å²) in [5.74, 6) is 0.201. The fourth-order valence-corrected chi connectivity index (χ4v) is 2.66. The van der Waals surface area contributed by atoms with Gasteiger partial charge < -0.3 is 10.2 Å². The second-order valence-corrected chi connectivity index (χ2v) is 6.55. The van der Waals surface area contributed by atoms with Crippen LogP contribution in [0.1, 0.15) is 36.7 Å². The van der Waals surface area contributed by atoms with Crippen molar-refractivity contribution in [3.05, 3.63) is 60.7 Å². The Hall–Kier alpha value is -2.69. The molecule has 0 saturated heterocycles. The Morgan fingerprint density at radius 3 is 2.40 bits per heavy atom. The predicted octanol–water partition coefficient (Wildman–Crippen LogP) is 2.79. The highest BCUT2D eigenvalue weighted by Crippen LogP contribution is 2.27. The topological polar surface area (TPSA) is 61.8 Å². The van der Waals surface area contributed by atoms with Crippen molar-refractivity contribution in [1.29, 1.82) is 0 Å². The number of rotatable bonds is 7. The molecule has 132 valence electrons. The van der Waals surface area contributed by atoms with Gasteiger partial charge in [0.2, 0.25) is 0 Å². The van der Waals surface area contributed by atoms with Gasteiger partial charge in [-0.25, -0.2) is 0 Å². The van der Waals surface area contributed by atoms with E-state index in [1.807, 2.05) is 26.8 Å². The molecule has 0 bridgehead atoms. The Bertz CT molecular complexity index is 726. The number of carbonyl (C=O) groups is 2. The molecule has 0 radical (unpaired) electrons. The van der Waals surface area contributed by atoms with Gasteiger partial charge in [-0.15, -0.1) is 13.2 Å². The summed E-state index contributed by atoms with van der Waals surface area (Å²) in [6.07, 6.45) is 3.35. The zero-order valence-corrected chi connectivity index (χ0v) is 15.1. The van der Waals surface area contributed by atoms with Crippen LogP contribution in [0.2, 0.25) is 0 Å². The van der Waals surface area contributed by atoms with Crippen molar-refractivity contribution in [2.24, 2.45) is 10.9 Å². The highest BCUT2D eigenvalue weighted by atomic mass is 16.2. The number of amides is 2. The normalized spacial score (nSPS) is 19.4. The second-order valence-electron chi connectivity index (χ2n) is 6.55. The number of nitrogens with zero attached hydrogens (tertiary/aromatic N) is 2. The molecule has 0 fully saturated rings. The van der Waals surface area contributed by atoms with Gasteiger partial charge in [0.25, 0.3) is 11.8 Å². The molecule has 5 heteroatoms. The molecule has 1 aliphatic rings. The summed E-state index contributed by atoms with van der Waals surface area (Å²) in [4.78, 5) is 31.6. The number of amidine groups is 1. The summed E-state index contributed by atoms with van der Waals surface area (Å²) < 4.78 is 0. The van der Waals surface area contributed by atoms with Gasteiger partial charge in [0.1, 0.15) is 11.4 Å². The fourth-order valence-electron chi connectivity index (χ4n) is 2.66. The largest absolute Gasteiger partial charge is 0.331 e. The van der Waals surface area contributed by atoms with E-state index in [0.717, 1.165) is 0 Å². The molecule has 1 aromatic rings. The summed E-state index contributed by atoms with van der Waals surface area (Å²) in [7, 11) is 0. The van der Waals surface area contributed by atoms with Crippen molar-refractivity contribution in [2.75, 3.05) is 13.1 Å². The molecule has 5 nitrogen and oxygen atoms in total. The van der Waals surface area contributed by atoms with Crippen LogP contribution < -0.4 is 5.32 Å². The van der Waals surface area contributed by atoms with E-state index in [-0.39, 0.29) is 17.7 Å². The third-order valence-corrected chi connectivity index (χ3v) is 4.56. The minimum Gasteiger partial charge on any atom is -0.331 e. The summed E-state index contributed by atoms with van der Waals surface area (Å²) in [6, 6.07) is 7.18. The lowest BCUT2D eigenvalue weighted by molar-refractivity contribution is -0.124. The monoisotopic (exact) mass is 339 g/mol. The Kier molecular flexibility index (Phi) is 5.57. The molecule has 0 saturated carbocycles. The van der Waals surface area contributed by atoms with Gasteiger partial charge in [0.15, 0.2) is 0 Å². The van der Waals surface area contributed by atoms with Crippen LogP contribution in [0.15, 0.2) is 54.6 Å². The molecular weight excluding hydrogens is 314 g/mol. The Balaban J connectivity index is 2.45. The van der Waals surface area contributed by atoms with E-state index in [9.17, 15) is 9.59 Å². The maximum atomic E-state index is 12.9. The quantitative estimate of drug-likeness (QED) is 0.777. The smallest absolute Gasteiger partial charge is 0.255 e. The first kappa shape index (κ1) is 18.6. The zero-order chi connectivity index (χ0) is 18.6. The molecule has 2 rings (SSSR count). The molecule has 1 unspecified atom stereocenters. The predicted molar refractivity (Wildman–Crippen MR) is 101 cm³/mol. The average molecular weight is 339 g/mol. The summed E-state index contributed by atoms with van der Waals surface area (Å²) in [6.45, 7) is 14.0. The Morgan fingerprint density at radius 1 is 1.28 bits per heavy atom. The lowest BCUT2D eigenvalue weighted by atomic mass is 9.89. The number of benzene rings is 1. The number of hydrogen-bond acceptors (Lipinski definition) is 3. The van der Waals surface area contributed by atoms with Crippen LogP contribution >= 0.6 is 0 Å². The molecular formula is C20H25N3O2. The first-order valence-corrected chi connectivity index (χ1v) is 8.37. The van der Waals surface area contributed by atoms with E-state index in [2.05, 4.69) is 23.5 Å². The molecule has 0 aliphatic carbocycles. The van der Waals surface area contributed by atoms with E-state index in [1.165, 1.54) is 0 Å². The molecule has 1 atom stereocenters. The molecule has 1 aromatic carbocycles. The van der Waals surface area contributed by atoms with Crippen LogP contribution in [-0.2, 0) is 4.79 Å². The SMILES string of the molecule is C=CCN(CC=C)C(=O)c1ccccc1C1=NC(C)(C(C)C)C(=O)N1. The van der Waals surface area contributed by atoms with Crippen LogP contribution in [-0.4, -0.2) is 41.2 Å². The van der Waals surface area contributed by atoms with Crippen molar-refractivity contribution >= 4 is 17.6 Å². The van der Waals surface area contributed by atoms with Crippen LogP contribution in [0.5, 0.6) is 0 Å². The average Bonchev–Trinajstić information content (AvgIpc) is 2.90. The number of nitrogens with one attached hydrogen (secondary N) is 1. The van der Waals surface area contributed by atoms with Gasteiger partial charge in [-0.1, -0.05) is 44.2 Å². The van der Waals surface area contributed by atoms with Crippen molar-refractivity contribution < 1.29 is 9.59 Å². The molecule has 0 aromatic heterocycles. The molecule has 0 spiro atoms. The maximum absolute atomic E-state index is 12.9. The van der Waals surface area contributed by atoms with Crippen LogP contribution in [0, 0.1) is 5.92 Å². The van der Waals surface area contributed by atoms with E-state index >= 15 is 0 Å². The first-order chi connectivity index (χ1) is 11.8. The van der Waals surface area contributed by atoms with Gasteiger partial charge in [0, 0.05) is 18.7 Å². The van der Waals surface area contributed by atoms with Gasteiger partial charge in [0.05, 0.1) is 5.56 Å². The van der Waals surface area contributed by atoms with Crippen LogP contribution in [0.3, 0.4) is 0 Å². The first-order valence-electron chi connectivity index (χ1n) is 8.37. The summed E-state index contributed by atoms with van der Waals surface area (Å²) >= 11 is 0. The van der Waals surface area contributed by atoms with Gasteiger partial charge in [-0.2, -0.15) is 0 Å².